The van der Waals surface area contributed by atoms with Crippen molar-refractivity contribution in [2.24, 2.45) is 5.92 Å². The molecule has 2 aliphatic heterocycles. The third-order valence-electron chi connectivity index (χ3n) is 3.44. The average molecular weight is 197 g/mol. The highest BCUT2D eigenvalue weighted by atomic mass is 15.2. The van der Waals surface area contributed by atoms with Crippen molar-refractivity contribution in [3.05, 3.63) is 0 Å². The molecule has 82 valence electrons. The van der Waals surface area contributed by atoms with Gasteiger partial charge in [-0.1, -0.05) is 0 Å². The first-order valence-corrected chi connectivity index (χ1v) is 5.93. The minimum Gasteiger partial charge on any atom is -0.314 e. The molecule has 2 heterocycles. The van der Waals surface area contributed by atoms with E-state index in [0.29, 0.717) is 0 Å². The number of hydrogen-bond acceptors (Lipinski definition) is 3. The van der Waals surface area contributed by atoms with E-state index in [1.54, 1.807) is 0 Å². The van der Waals surface area contributed by atoms with Gasteiger partial charge in [-0.2, -0.15) is 0 Å². The van der Waals surface area contributed by atoms with E-state index in [-0.39, 0.29) is 0 Å². The first-order chi connectivity index (χ1) is 6.75. The minimum absolute atomic E-state index is 0.745. The molecule has 2 fully saturated rings. The van der Waals surface area contributed by atoms with Crippen LogP contribution >= 0.6 is 0 Å². The summed E-state index contributed by atoms with van der Waals surface area (Å²) in [5, 5.41) is 3.40. The fraction of sp³-hybridized carbons (Fsp3) is 1.00. The van der Waals surface area contributed by atoms with Crippen LogP contribution in [0.25, 0.3) is 0 Å². The summed E-state index contributed by atoms with van der Waals surface area (Å²) in [5.41, 5.74) is 0. The second-order valence-corrected chi connectivity index (χ2v) is 4.96. The molecule has 2 aliphatic rings. The van der Waals surface area contributed by atoms with Gasteiger partial charge in [0.25, 0.3) is 0 Å². The molecule has 14 heavy (non-hydrogen) atoms. The fourth-order valence-corrected chi connectivity index (χ4v) is 2.41. The van der Waals surface area contributed by atoms with Gasteiger partial charge in [0, 0.05) is 51.9 Å². The van der Waals surface area contributed by atoms with Crippen molar-refractivity contribution in [2.75, 3.05) is 45.8 Å². The van der Waals surface area contributed by atoms with Gasteiger partial charge < -0.3 is 15.1 Å². The molecule has 0 atom stereocenters. The maximum atomic E-state index is 3.40. The third-order valence-corrected chi connectivity index (χ3v) is 3.44. The second kappa shape index (κ2) is 4.60. The number of piperazine rings is 1. The Morgan fingerprint density at radius 2 is 1.86 bits per heavy atom. The van der Waals surface area contributed by atoms with Crippen LogP contribution in [0.5, 0.6) is 0 Å². The zero-order chi connectivity index (χ0) is 9.97. The second-order valence-electron chi connectivity index (χ2n) is 4.96. The Morgan fingerprint density at radius 3 is 2.43 bits per heavy atom. The number of nitrogens with one attached hydrogen (secondary N) is 1. The summed E-state index contributed by atoms with van der Waals surface area (Å²) in [6, 6.07) is 0.745. The highest BCUT2D eigenvalue weighted by molar-refractivity contribution is 4.85. The maximum absolute atomic E-state index is 3.40. The first-order valence-electron chi connectivity index (χ1n) is 5.93. The summed E-state index contributed by atoms with van der Waals surface area (Å²) in [7, 11) is 0. The van der Waals surface area contributed by atoms with Crippen LogP contribution in [0.3, 0.4) is 0 Å². The van der Waals surface area contributed by atoms with Crippen LogP contribution in [0.15, 0.2) is 0 Å². The zero-order valence-corrected chi connectivity index (χ0v) is 9.50. The lowest BCUT2D eigenvalue weighted by atomic mass is 9.97. The van der Waals surface area contributed by atoms with Gasteiger partial charge >= 0.3 is 0 Å². The van der Waals surface area contributed by atoms with Crippen molar-refractivity contribution >= 4 is 0 Å². The van der Waals surface area contributed by atoms with Crippen LogP contribution in [-0.2, 0) is 0 Å². The van der Waals surface area contributed by atoms with Crippen molar-refractivity contribution in [3.63, 3.8) is 0 Å². The Morgan fingerprint density at radius 1 is 1.21 bits per heavy atom. The van der Waals surface area contributed by atoms with Crippen LogP contribution in [-0.4, -0.2) is 61.7 Å². The molecule has 2 rings (SSSR count). The van der Waals surface area contributed by atoms with Crippen molar-refractivity contribution in [1.82, 2.24) is 15.1 Å². The van der Waals surface area contributed by atoms with E-state index in [4.69, 9.17) is 0 Å². The maximum Gasteiger partial charge on any atom is 0.0108 e. The van der Waals surface area contributed by atoms with Gasteiger partial charge in [0.05, 0.1) is 0 Å². The molecular weight excluding hydrogens is 174 g/mol. The highest BCUT2D eigenvalue weighted by Gasteiger charge is 2.29. The number of likely N-dealkylation sites (tertiary alicyclic amines) is 1. The number of rotatable bonds is 3. The van der Waals surface area contributed by atoms with E-state index in [2.05, 4.69) is 29.0 Å². The predicted molar refractivity (Wildman–Crippen MR) is 59.5 cm³/mol. The van der Waals surface area contributed by atoms with Gasteiger partial charge in [0.2, 0.25) is 0 Å². The number of hydrogen-bond donors (Lipinski definition) is 1. The molecule has 0 radical (unpaired) electrons. The van der Waals surface area contributed by atoms with Crippen molar-refractivity contribution in [3.8, 4) is 0 Å². The summed E-state index contributed by atoms with van der Waals surface area (Å²) in [6.45, 7) is 13.4. The summed E-state index contributed by atoms with van der Waals surface area (Å²) < 4.78 is 0. The molecule has 0 bridgehead atoms. The Kier molecular flexibility index (Phi) is 3.42. The summed E-state index contributed by atoms with van der Waals surface area (Å²) >= 11 is 0. The largest absolute Gasteiger partial charge is 0.314 e. The highest BCUT2D eigenvalue weighted by Crippen LogP contribution is 2.19. The molecule has 0 aromatic heterocycles. The van der Waals surface area contributed by atoms with E-state index in [9.17, 15) is 0 Å². The van der Waals surface area contributed by atoms with Crippen LogP contribution in [0.4, 0.5) is 0 Å². The van der Waals surface area contributed by atoms with Gasteiger partial charge in [0.15, 0.2) is 0 Å². The summed E-state index contributed by atoms with van der Waals surface area (Å²) in [6.07, 6.45) is 0. The SMILES string of the molecule is CC(C)N1CC(CN2CCNCC2)C1. The third kappa shape index (κ3) is 2.47. The molecule has 0 saturated carbocycles. The average Bonchev–Trinajstić information content (AvgIpc) is 2.12. The lowest BCUT2D eigenvalue weighted by Gasteiger charge is -2.44. The summed E-state index contributed by atoms with van der Waals surface area (Å²) in [4.78, 5) is 5.17. The zero-order valence-electron chi connectivity index (χ0n) is 9.50. The molecular formula is C11H23N3. The molecule has 1 N–H and O–H groups in total. The molecule has 0 unspecified atom stereocenters. The Labute approximate surface area is 87.4 Å². The van der Waals surface area contributed by atoms with E-state index >= 15 is 0 Å². The Hall–Kier alpha value is -0.120. The van der Waals surface area contributed by atoms with Crippen molar-refractivity contribution < 1.29 is 0 Å². The van der Waals surface area contributed by atoms with Crippen molar-refractivity contribution in [2.45, 2.75) is 19.9 Å². The molecule has 0 spiro atoms. The van der Waals surface area contributed by atoms with Gasteiger partial charge in [-0.05, 0) is 19.8 Å². The van der Waals surface area contributed by atoms with Gasteiger partial charge in [-0.25, -0.2) is 0 Å². The molecule has 0 amide bonds. The summed E-state index contributed by atoms with van der Waals surface area (Å²) in [5.74, 6) is 0.940. The van der Waals surface area contributed by atoms with E-state index in [1.165, 1.54) is 45.8 Å². The van der Waals surface area contributed by atoms with Gasteiger partial charge in [-0.15, -0.1) is 0 Å². The normalized spacial score (nSPS) is 26.8. The predicted octanol–water partition coefficient (Wildman–Crippen LogP) is 0.232. The first kappa shape index (κ1) is 10.4. The van der Waals surface area contributed by atoms with Crippen LogP contribution in [0.2, 0.25) is 0 Å². The Bertz CT molecular complexity index is 169. The molecule has 0 aliphatic carbocycles. The van der Waals surface area contributed by atoms with Gasteiger partial charge in [-0.3, -0.25) is 0 Å². The monoisotopic (exact) mass is 197 g/mol. The standard InChI is InChI=1S/C11H23N3/c1-10(2)14-8-11(9-14)7-13-5-3-12-4-6-13/h10-12H,3-9H2,1-2H3. The molecule has 3 nitrogen and oxygen atoms in total. The van der Waals surface area contributed by atoms with E-state index in [1.807, 2.05) is 0 Å². The fourth-order valence-electron chi connectivity index (χ4n) is 2.41. The van der Waals surface area contributed by atoms with E-state index in [0.717, 1.165) is 12.0 Å². The molecule has 3 heteroatoms. The smallest absolute Gasteiger partial charge is 0.0108 e. The van der Waals surface area contributed by atoms with Gasteiger partial charge in [0.1, 0.15) is 0 Å². The Balaban J connectivity index is 1.63. The van der Waals surface area contributed by atoms with Crippen molar-refractivity contribution in [1.29, 1.82) is 0 Å². The molecule has 0 aromatic rings. The topological polar surface area (TPSA) is 18.5 Å². The number of nitrogens with zero attached hydrogens (tertiary/aromatic N) is 2. The molecule has 0 aromatic carbocycles. The lowest BCUT2D eigenvalue weighted by molar-refractivity contribution is 0.0397. The molecule has 2 saturated heterocycles. The quantitative estimate of drug-likeness (QED) is 0.699. The van der Waals surface area contributed by atoms with E-state index < -0.39 is 0 Å². The lowest BCUT2D eigenvalue weighted by Crippen LogP contribution is -2.55. The minimum atomic E-state index is 0.745. The van der Waals surface area contributed by atoms with Crippen LogP contribution in [0.1, 0.15) is 13.8 Å². The van der Waals surface area contributed by atoms with Crippen LogP contribution in [0, 0.1) is 5.92 Å². The van der Waals surface area contributed by atoms with Crippen LogP contribution < -0.4 is 5.32 Å².